The maximum atomic E-state index is 5.97. The average molecular weight is 261 g/mol. The quantitative estimate of drug-likeness (QED) is 0.826. The van der Waals surface area contributed by atoms with Crippen molar-refractivity contribution in [2.45, 2.75) is 25.3 Å². The maximum Gasteiger partial charge on any atom is 0.122 e. The van der Waals surface area contributed by atoms with E-state index in [1.165, 1.54) is 38.0 Å². The van der Waals surface area contributed by atoms with E-state index in [1.807, 2.05) is 6.07 Å². The van der Waals surface area contributed by atoms with Gasteiger partial charge in [-0.1, -0.05) is 0 Å². The molecule has 2 fully saturated rings. The number of fused-ring (bicyclic) bond motifs is 1. The van der Waals surface area contributed by atoms with Crippen molar-refractivity contribution < 1.29 is 4.74 Å². The molecule has 4 heteroatoms. The lowest BCUT2D eigenvalue weighted by molar-refractivity contribution is 0.273. The Morgan fingerprint density at radius 3 is 2.84 bits per heavy atom. The number of methoxy groups -OCH3 is 1. The third-order valence-corrected chi connectivity index (χ3v) is 4.32. The van der Waals surface area contributed by atoms with Crippen LogP contribution in [-0.4, -0.2) is 44.2 Å². The number of benzene rings is 1. The van der Waals surface area contributed by atoms with E-state index >= 15 is 0 Å². The summed E-state index contributed by atoms with van der Waals surface area (Å²) < 4.78 is 5.33. The molecule has 104 valence electrons. The first kappa shape index (κ1) is 12.6. The van der Waals surface area contributed by atoms with E-state index in [0.717, 1.165) is 30.6 Å². The van der Waals surface area contributed by atoms with Crippen molar-refractivity contribution >= 4 is 11.4 Å². The molecule has 4 nitrogen and oxygen atoms in total. The van der Waals surface area contributed by atoms with Gasteiger partial charge in [-0.15, -0.1) is 0 Å². The topological polar surface area (TPSA) is 41.7 Å². The molecule has 0 aromatic heterocycles. The van der Waals surface area contributed by atoms with Crippen molar-refractivity contribution in [2.75, 3.05) is 43.9 Å². The van der Waals surface area contributed by atoms with E-state index in [1.54, 1.807) is 7.11 Å². The lowest BCUT2D eigenvalue weighted by Crippen LogP contribution is -2.36. The SMILES string of the molecule is COc1cc(N)cc(N2CCCN3CCCC3C2)c1. The van der Waals surface area contributed by atoms with Gasteiger partial charge in [-0.05, 0) is 31.9 Å². The second-order valence-corrected chi connectivity index (χ2v) is 5.60. The Morgan fingerprint density at radius 2 is 2.00 bits per heavy atom. The van der Waals surface area contributed by atoms with Crippen LogP contribution in [0.25, 0.3) is 0 Å². The highest BCUT2D eigenvalue weighted by molar-refractivity contribution is 5.60. The zero-order valence-corrected chi connectivity index (χ0v) is 11.6. The normalized spacial score (nSPS) is 24.1. The van der Waals surface area contributed by atoms with Gasteiger partial charge < -0.3 is 15.4 Å². The molecule has 1 atom stereocenters. The maximum absolute atomic E-state index is 5.97. The molecule has 2 saturated heterocycles. The molecule has 3 rings (SSSR count). The third kappa shape index (κ3) is 2.63. The van der Waals surface area contributed by atoms with E-state index < -0.39 is 0 Å². The highest BCUT2D eigenvalue weighted by Gasteiger charge is 2.28. The molecular weight excluding hydrogens is 238 g/mol. The smallest absolute Gasteiger partial charge is 0.122 e. The molecule has 2 aliphatic rings. The number of nitrogens with two attached hydrogens (primary N) is 1. The van der Waals surface area contributed by atoms with Crippen LogP contribution in [0.5, 0.6) is 5.75 Å². The van der Waals surface area contributed by atoms with E-state index in [4.69, 9.17) is 10.5 Å². The van der Waals surface area contributed by atoms with Gasteiger partial charge in [0.05, 0.1) is 7.11 Å². The molecule has 19 heavy (non-hydrogen) atoms. The fourth-order valence-electron chi connectivity index (χ4n) is 3.35. The monoisotopic (exact) mass is 261 g/mol. The molecule has 2 N–H and O–H groups in total. The van der Waals surface area contributed by atoms with Gasteiger partial charge in [0.25, 0.3) is 0 Å². The average Bonchev–Trinajstić information content (AvgIpc) is 2.75. The molecule has 0 amide bonds. The van der Waals surface area contributed by atoms with Crippen LogP contribution in [0.15, 0.2) is 18.2 Å². The number of ether oxygens (including phenoxy) is 1. The first-order valence-electron chi connectivity index (χ1n) is 7.20. The van der Waals surface area contributed by atoms with Gasteiger partial charge in [0, 0.05) is 49.2 Å². The van der Waals surface area contributed by atoms with E-state index in [0.29, 0.717) is 0 Å². The summed E-state index contributed by atoms with van der Waals surface area (Å²) in [7, 11) is 1.69. The Kier molecular flexibility index (Phi) is 3.51. The Labute approximate surface area is 115 Å². The third-order valence-electron chi connectivity index (χ3n) is 4.32. The number of hydrogen-bond acceptors (Lipinski definition) is 4. The first-order valence-corrected chi connectivity index (χ1v) is 7.20. The number of anilines is 2. The Morgan fingerprint density at radius 1 is 1.16 bits per heavy atom. The highest BCUT2D eigenvalue weighted by Crippen LogP contribution is 2.29. The summed E-state index contributed by atoms with van der Waals surface area (Å²) >= 11 is 0. The second-order valence-electron chi connectivity index (χ2n) is 5.60. The van der Waals surface area contributed by atoms with Gasteiger partial charge >= 0.3 is 0 Å². The van der Waals surface area contributed by atoms with Crippen LogP contribution in [0, 0.1) is 0 Å². The van der Waals surface area contributed by atoms with Crippen molar-refractivity contribution in [1.29, 1.82) is 0 Å². The first-order chi connectivity index (χ1) is 9.26. The lowest BCUT2D eigenvalue weighted by atomic mass is 10.2. The molecule has 0 radical (unpaired) electrons. The second kappa shape index (κ2) is 5.29. The number of nitrogens with zero attached hydrogens (tertiary/aromatic N) is 2. The van der Waals surface area contributed by atoms with Crippen LogP contribution in [0.3, 0.4) is 0 Å². The summed E-state index contributed by atoms with van der Waals surface area (Å²) in [4.78, 5) is 5.11. The van der Waals surface area contributed by atoms with Crippen LogP contribution in [0.4, 0.5) is 11.4 Å². The zero-order chi connectivity index (χ0) is 13.2. The summed E-state index contributed by atoms with van der Waals surface area (Å²) in [6, 6.07) is 6.76. The van der Waals surface area contributed by atoms with Gasteiger partial charge in [-0.2, -0.15) is 0 Å². The highest BCUT2D eigenvalue weighted by atomic mass is 16.5. The van der Waals surface area contributed by atoms with Gasteiger partial charge in [0.15, 0.2) is 0 Å². The zero-order valence-electron chi connectivity index (χ0n) is 11.6. The van der Waals surface area contributed by atoms with Gasteiger partial charge in [-0.25, -0.2) is 0 Å². The van der Waals surface area contributed by atoms with Crippen LogP contribution in [-0.2, 0) is 0 Å². The number of hydrogen-bond donors (Lipinski definition) is 1. The Bertz CT molecular complexity index is 449. The van der Waals surface area contributed by atoms with Crippen molar-refractivity contribution in [3.05, 3.63) is 18.2 Å². The minimum Gasteiger partial charge on any atom is -0.497 e. The van der Waals surface area contributed by atoms with Crippen LogP contribution in [0.1, 0.15) is 19.3 Å². The predicted octanol–water partition coefficient (Wildman–Crippen LogP) is 1.95. The van der Waals surface area contributed by atoms with Gasteiger partial charge in [-0.3, -0.25) is 4.90 Å². The molecule has 0 spiro atoms. The fourth-order valence-corrected chi connectivity index (χ4v) is 3.35. The standard InChI is InChI=1S/C15H23N3O/c1-19-15-9-12(16)8-14(10-15)18-7-3-6-17-5-2-4-13(17)11-18/h8-10,13H,2-7,11,16H2,1H3. The summed E-state index contributed by atoms with van der Waals surface area (Å²) in [5, 5.41) is 0. The van der Waals surface area contributed by atoms with Crippen LogP contribution in [0.2, 0.25) is 0 Å². The Balaban J connectivity index is 1.82. The molecule has 2 heterocycles. The molecule has 2 aliphatic heterocycles. The van der Waals surface area contributed by atoms with E-state index in [-0.39, 0.29) is 0 Å². The largest absolute Gasteiger partial charge is 0.497 e. The summed E-state index contributed by atoms with van der Waals surface area (Å²) in [5.74, 6) is 0.850. The van der Waals surface area contributed by atoms with Crippen molar-refractivity contribution in [2.24, 2.45) is 0 Å². The summed E-state index contributed by atoms with van der Waals surface area (Å²) in [5.41, 5.74) is 7.95. The van der Waals surface area contributed by atoms with Crippen LogP contribution < -0.4 is 15.4 Å². The minimum atomic E-state index is 0.718. The lowest BCUT2D eigenvalue weighted by Gasteiger charge is -2.27. The molecule has 1 unspecified atom stereocenters. The summed E-state index contributed by atoms with van der Waals surface area (Å²) in [6.45, 7) is 4.74. The molecule has 0 saturated carbocycles. The summed E-state index contributed by atoms with van der Waals surface area (Å²) in [6.07, 6.45) is 3.91. The molecular formula is C15H23N3O. The van der Waals surface area contributed by atoms with E-state index in [2.05, 4.69) is 21.9 Å². The molecule has 0 bridgehead atoms. The fraction of sp³-hybridized carbons (Fsp3) is 0.600. The number of rotatable bonds is 2. The minimum absolute atomic E-state index is 0.718. The van der Waals surface area contributed by atoms with Crippen LogP contribution >= 0.6 is 0 Å². The molecule has 1 aromatic carbocycles. The van der Waals surface area contributed by atoms with E-state index in [9.17, 15) is 0 Å². The molecule has 1 aromatic rings. The van der Waals surface area contributed by atoms with Crippen molar-refractivity contribution in [1.82, 2.24) is 4.90 Å². The van der Waals surface area contributed by atoms with Crippen molar-refractivity contribution in [3.8, 4) is 5.75 Å². The van der Waals surface area contributed by atoms with Gasteiger partial charge in [0.2, 0.25) is 0 Å². The number of nitrogen functional groups attached to an aromatic ring is 1. The molecule has 0 aliphatic carbocycles. The predicted molar refractivity (Wildman–Crippen MR) is 78.8 cm³/mol. The Hall–Kier alpha value is -1.42. The van der Waals surface area contributed by atoms with Gasteiger partial charge in [0.1, 0.15) is 5.75 Å². The van der Waals surface area contributed by atoms with Crippen molar-refractivity contribution in [3.63, 3.8) is 0 Å².